The highest BCUT2D eigenvalue weighted by atomic mass is 35.5. The minimum absolute atomic E-state index is 0.644. The molecule has 1 aromatic heterocycles. The molecule has 5 nitrogen and oxygen atoms in total. The van der Waals surface area contributed by atoms with Gasteiger partial charge in [-0.15, -0.1) is 0 Å². The standard InChI is InChI=1S/C19H19ClN4O/c20-16-8-4-5-9-17(16)24-12-10-23(11-13-24)14-18-21-19(22-25-18)15-6-2-1-3-7-15/h1-9H,10-14H2. The Kier molecular flexibility index (Phi) is 4.68. The van der Waals surface area contributed by atoms with E-state index in [2.05, 4.69) is 26.0 Å². The minimum atomic E-state index is 0.644. The zero-order valence-electron chi connectivity index (χ0n) is 13.8. The van der Waals surface area contributed by atoms with Crippen LogP contribution in [0.25, 0.3) is 11.4 Å². The summed E-state index contributed by atoms with van der Waals surface area (Å²) < 4.78 is 5.41. The van der Waals surface area contributed by atoms with Crippen molar-refractivity contribution in [3.63, 3.8) is 0 Å². The van der Waals surface area contributed by atoms with Crippen molar-refractivity contribution in [3.8, 4) is 11.4 Å². The van der Waals surface area contributed by atoms with E-state index in [4.69, 9.17) is 16.1 Å². The molecular formula is C19H19ClN4O. The van der Waals surface area contributed by atoms with E-state index in [9.17, 15) is 0 Å². The van der Waals surface area contributed by atoms with E-state index in [1.807, 2.05) is 48.5 Å². The van der Waals surface area contributed by atoms with Crippen LogP contribution in [0.4, 0.5) is 5.69 Å². The van der Waals surface area contributed by atoms with Gasteiger partial charge in [0.05, 0.1) is 17.3 Å². The number of aromatic nitrogens is 2. The summed E-state index contributed by atoms with van der Waals surface area (Å²) in [7, 11) is 0. The van der Waals surface area contributed by atoms with Gasteiger partial charge in [-0.3, -0.25) is 4.90 Å². The van der Waals surface area contributed by atoms with Gasteiger partial charge in [0.2, 0.25) is 11.7 Å². The van der Waals surface area contributed by atoms with Gasteiger partial charge in [-0.1, -0.05) is 59.2 Å². The first-order valence-electron chi connectivity index (χ1n) is 8.39. The average Bonchev–Trinajstić information content (AvgIpc) is 3.12. The molecule has 0 amide bonds. The minimum Gasteiger partial charge on any atom is -0.368 e. The molecule has 1 aliphatic heterocycles. The Balaban J connectivity index is 1.36. The van der Waals surface area contributed by atoms with E-state index in [1.165, 1.54) is 0 Å². The van der Waals surface area contributed by atoms with Crippen LogP contribution in [-0.4, -0.2) is 41.2 Å². The van der Waals surface area contributed by atoms with Gasteiger partial charge in [0.1, 0.15) is 0 Å². The summed E-state index contributed by atoms with van der Waals surface area (Å²) >= 11 is 6.30. The highest BCUT2D eigenvalue weighted by Gasteiger charge is 2.20. The lowest BCUT2D eigenvalue weighted by molar-refractivity contribution is 0.215. The van der Waals surface area contributed by atoms with Gasteiger partial charge in [-0.2, -0.15) is 4.98 Å². The third-order valence-electron chi connectivity index (χ3n) is 4.42. The van der Waals surface area contributed by atoms with Crippen LogP contribution in [0, 0.1) is 0 Å². The first-order valence-corrected chi connectivity index (χ1v) is 8.77. The van der Waals surface area contributed by atoms with Gasteiger partial charge in [0.25, 0.3) is 0 Å². The van der Waals surface area contributed by atoms with Crippen LogP contribution in [0.2, 0.25) is 5.02 Å². The molecule has 2 heterocycles. The normalized spacial score (nSPS) is 15.5. The zero-order valence-corrected chi connectivity index (χ0v) is 14.6. The zero-order chi connectivity index (χ0) is 17.1. The molecule has 4 rings (SSSR count). The van der Waals surface area contributed by atoms with E-state index in [1.54, 1.807) is 0 Å². The van der Waals surface area contributed by atoms with Gasteiger partial charge in [0.15, 0.2) is 0 Å². The lowest BCUT2D eigenvalue weighted by atomic mass is 10.2. The molecule has 0 unspecified atom stereocenters. The number of benzene rings is 2. The third-order valence-corrected chi connectivity index (χ3v) is 4.74. The lowest BCUT2D eigenvalue weighted by Gasteiger charge is -2.35. The highest BCUT2D eigenvalue weighted by Crippen LogP contribution is 2.26. The molecule has 0 spiro atoms. The number of para-hydroxylation sites is 1. The first kappa shape index (κ1) is 16.1. The topological polar surface area (TPSA) is 45.4 Å². The molecule has 2 aromatic carbocycles. The average molecular weight is 355 g/mol. The SMILES string of the molecule is Clc1ccccc1N1CCN(Cc2nc(-c3ccccc3)no2)CC1. The van der Waals surface area contributed by atoms with Crippen LogP contribution < -0.4 is 4.90 Å². The number of nitrogens with zero attached hydrogens (tertiary/aromatic N) is 4. The summed E-state index contributed by atoms with van der Waals surface area (Å²) in [6.07, 6.45) is 0. The highest BCUT2D eigenvalue weighted by molar-refractivity contribution is 6.33. The van der Waals surface area contributed by atoms with Crippen LogP contribution in [-0.2, 0) is 6.54 Å². The summed E-state index contributed by atoms with van der Waals surface area (Å²) in [6.45, 7) is 4.42. The maximum Gasteiger partial charge on any atom is 0.241 e. The van der Waals surface area contributed by atoms with Crippen LogP contribution in [0.5, 0.6) is 0 Å². The molecule has 0 radical (unpaired) electrons. The number of hydrogen-bond acceptors (Lipinski definition) is 5. The molecule has 1 saturated heterocycles. The molecule has 6 heteroatoms. The van der Waals surface area contributed by atoms with E-state index < -0.39 is 0 Å². The van der Waals surface area contributed by atoms with Crippen LogP contribution in [0.3, 0.4) is 0 Å². The summed E-state index contributed by atoms with van der Waals surface area (Å²) in [5, 5.41) is 4.89. The van der Waals surface area contributed by atoms with Crippen molar-refractivity contribution in [1.82, 2.24) is 15.0 Å². The molecule has 0 saturated carbocycles. The molecule has 0 N–H and O–H groups in total. The molecular weight excluding hydrogens is 336 g/mol. The Labute approximate surface area is 151 Å². The van der Waals surface area contributed by atoms with E-state index in [-0.39, 0.29) is 0 Å². The maximum atomic E-state index is 6.30. The fourth-order valence-corrected chi connectivity index (χ4v) is 3.33. The van der Waals surface area contributed by atoms with Crippen molar-refractivity contribution >= 4 is 17.3 Å². The Morgan fingerprint density at radius 3 is 2.40 bits per heavy atom. The second-order valence-corrected chi connectivity index (χ2v) is 6.50. The summed E-state index contributed by atoms with van der Waals surface area (Å²) in [5.41, 5.74) is 2.08. The second-order valence-electron chi connectivity index (χ2n) is 6.09. The first-order chi connectivity index (χ1) is 12.3. The molecule has 0 aliphatic carbocycles. The number of halogens is 1. The van der Waals surface area contributed by atoms with E-state index in [0.29, 0.717) is 18.3 Å². The Morgan fingerprint density at radius 2 is 1.64 bits per heavy atom. The van der Waals surface area contributed by atoms with Crippen molar-refractivity contribution in [2.75, 3.05) is 31.1 Å². The Morgan fingerprint density at radius 1 is 0.920 bits per heavy atom. The third kappa shape index (κ3) is 3.67. The summed E-state index contributed by atoms with van der Waals surface area (Å²) in [4.78, 5) is 9.16. The molecule has 128 valence electrons. The summed E-state index contributed by atoms with van der Waals surface area (Å²) in [5.74, 6) is 1.30. The summed E-state index contributed by atoms with van der Waals surface area (Å²) in [6, 6.07) is 17.9. The number of rotatable bonds is 4. The van der Waals surface area contributed by atoms with Crippen molar-refractivity contribution in [2.45, 2.75) is 6.54 Å². The van der Waals surface area contributed by atoms with Gasteiger partial charge in [0, 0.05) is 31.7 Å². The predicted molar refractivity (Wildman–Crippen MR) is 98.7 cm³/mol. The monoisotopic (exact) mass is 354 g/mol. The predicted octanol–water partition coefficient (Wildman–Crippen LogP) is 3.71. The van der Waals surface area contributed by atoms with Gasteiger partial charge in [-0.25, -0.2) is 0 Å². The van der Waals surface area contributed by atoms with Crippen molar-refractivity contribution in [1.29, 1.82) is 0 Å². The maximum absolute atomic E-state index is 6.30. The second kappa shape index (κ2) is 7.25. The number of hydrogen-bond donors (Lipinski definition) is 0. The number of piperazine rings is 1. The number of anilines is 1. The van der Waals surface area contributed by atoms with Crippen LogP contribution in [0.1, 0.15) is 5.89 Å². The van der Waals surface area contributed by atoms with Gasteiger partial charge in [-0.05, 0) is 12.1 Å². The molecule has 1 aliphatic rings. The van der Waals surface area contributed by atoms with Crippen molar-refractivity contribution < 1.29 is 4.52 Å². The molecule has 0 bridgehead atoms. The van der Waals surface area contributed by atoms with Crippen molar-refractivity contribution in [3.05, 3.63) is 65.5 Å². The van der Waals surface area contributed by atoms with E-state index >= 15 is 0 Å². The molecule has 0 atom stereocenters. The van der Waals surface area contributed by atoms with Gasteiger partial charge >= 0.3 is 0 Å². The van der Waals surface area contributed by atoms with Gasteiger partial charge < -0.3 is 9.42 Å². The van der Waals surface area contributed by atoms with Crippen LogP contribution in [0.15, 0.2) is 59.1 Å². The fraction of sp³-hybridized carbons (Fsp3) is 0.263. The molecule has 25 heavy (non-hydrogen) atoms. The Hall–Kier alpha value is -2.37. The molecule has 1 fully saturated rings. The smallest absolute Gasteiger partial charge is 0.241 e. The van der Waals surface area contributed by atoms with Crippen molar-refractivity contribution in [2.24, 2.45) is 0 Å². The quantitative estimate of drug-likeness (QED) is 0.714. The largest absolute Gasteiger partial charge is 0.368 e. The van der Waals surface area contributed by atoms with E-state index in [0.717, 1.165) is 42.5 Å². The van der Waals surface area contributed by atoms with Crippen LogP contribution >= 0.6 is 11.6 Å². The Bertz CT molecular complexity index is 828. The lowest BCUT2D eigenvalue weighted by Crippen LogP contribution is -2.46. The molecule has 3 aromatic rings. The fourth-order valence-electron chi connectivity index (χ4n) is 3.07.